The van der Waals surface area contributed by atoms with Gasteiger partial charge in [-0.3, -0.25) is 0 Å². The Labute approximate surface area is 120 Å². The molecule has 1 aliphatic rings. The predicted molar refractivity (Wildman–Crippen MR) is 82.0 cm³/mol. The first-order valence-corrected chi connectivity index (χ1v) is 7.34. The van der Waals surface area contributed by atoms with Crippen LogP contribution in [0.3, 0.4) is 0 Å². The fraction of sp³-hybridized carbons (Fsp3) is 0.562. The van der Waals surface area contributed by atoms with E-state index in [9.17, 15) is 4.79 Å². The SMILES string of the molecule is CCOC(=O)c1ccc(N2CCC(C(C)C)C2)c(N)c1. The fourth-order valence-corrected chi connectivity index (χ4v) is 2.73. The second-order valence-corrected chi connectivity index (χ2v) is 5.73. The van der Waals surface area contributed by atoms with E-state index in [1.807, 2.05) is 6.07 Å². The van der Waals surface area contributed by atoms with E-state index in [0.29, 0.717) is 23.8 Å². The smallest absolute Gasteiger partial charge is 0.338 e. The number of hydrogen-bond acceptors (Lipinski definition) is 4. The molecule has 0 bridgehead atoms. The quantitative estimate of drug-likeness (QED) is 0.678. The van der Waals surface area contributed by atoms with Crippen LogP contribution in [0.1, 0.15) is 37.6 Å². The Balaban J connectivity index is 2.13. The second-order valence-electron chi connectivity index (χ2n) is 5.73. The zero-order chi connectivity index (χ0) is 14.7. The van der Waals surface area contributed by atoms with Crippen LogP contribution in [0.15, 0.2) is 18.2 Å². The molecule has 4 nitrogen and oxygen atoms in total. The van der Waals surface area contributed by atoms with Gasteiger partial charge in [0.05, 0.1) is 23.5 Å². The number of esters is 1. The van der Waals surface area contributed by atoms with Crippen LogP contribution in [0.2, 0.25) is 0 Å². The Morgan fingerprint density at radius 3 is 2.80 bits per heavy atom. The summed E-state index contributed by atoms with van der Waals surface area (Å²) in [5, 5.41) is 0. The third-order valence-electron chi connectivity index (χ3n) is 4.05. The van der Waals surface area contributed by atoms with Crippen molar-refractivity contribution >= 4 is 17.3 Å². The van der Waals surface area contributed by atoms with Crippen LogP contribution in [0.4, 0.5) is 11.4 Å². The number of benzene rings is 1. The van der Waals surface area contributed by atoms with E-state index >= 15 is 0 Å². The number of ether oxygens (including phenoxy) is 1. The minimum atomic E-state index is -0.313. The third-order valence-corrected chi connectivity index (χ3v) is 4.05. The minimum absolute atomic E-state index is 0.313. The van der Waals surface area contributed by atoms with Gasteiger partial charge in [-0.25, -0.2) is 4.79 Å². The second kappa shape index (κ2) is 6.16. The first kappa shape index (κ1) is 14.7. The van der Waals surface area contributed by atoms with Gasteiger partial charge in [-0.05, 0) is 43.4 Å². The van der Waals surface area contributed by atoms with Crippen molar-refractivity contribution in [1.29, 1.82) is 0 Å². The zero-order valence-corrected chi connectivity index (χ0v) is 12.6. The highest BCUT2D eigenvalue weighted by Crippen LogP contribution is 2.32. The summed E-state index contributed by atoms with van der Waals surface area (Å²) >= 11 is 0. The molecule has 0 amide bonds. The molecule has 1 aromatic rings. The van der Waals surface area contributed by atoms with Crippen LogP contribution in [-0.4, -0.2) is 25.7 Å². The van der Waals surface area contributed by atoms with Crippen molar-refractivity contribution in [3.63, 3.8) is 0 Å². The number of carbonyl (C=O) groups excluding carboxylic acids is 1. The van der Waals surface area contributed by atoms with Crippen LogP contribution in [0.25, 0.3) is 0 Å². The molecule has 2 rings (SSSR count). The molecule has 1 atom stereocenters. The summed E-state index contributed by atoms with van der Waals surface area (Å²) in [5.74, 6) is 1.10. The molecule has 1 aliphatic heterocycles. The highest BCUT2D eigenvalue weighted by atomic mass is 16.5. The molecular weight excluding hydrogens is 252 g/mol. The molecule has 0 radical (unpaired) electrons. The maximum absolute atomic E-state index is 11.7. The van der Waals surface area contributed by atoms with Gasteiger partial charge in [-0.15, -0.1) is 0 Å². The summed E-state index contributed by atoms with van der Waals surface area (Å²) in [7, 11) is 0. The maximum Gasteiger partial charge on any atom is 0.338 e. The predicted octanol–water partition coefficient (Wildman–Crippen LogP) is 2.93. The average molecular weight is 276 g/mol. The lowest BCUT2D eigenvalue weighted by Gasteiger charge is -2.22. The van der Waals surface area contributed by atoms with Crippen LogP contribution >= 0.6 is 0 Å². The van der Waals surface area contributed by atoms with E-state index in [1.54, 1.807) is 19.1 Å². The van der Waals surface area contributed by atoms with Crippen molar-refractivity contribution < 1.29 is 9.53 Å². The molecule has 1 fully saturated rings. The molecule has 2 N–H and O–H groups in total. The van der Waals surface area contributed by atoms with Gasteiger partial charge in [0.25, 0.3) is 0 Å². The van der Waals surface area contributed by atoms with Gasteiger partial charge < -0.3 is 15.4 Å². The van der Waals surface area contributed by atoms with Crippen LogP contribution in [0.5, 0.6) is 0 Å². The van der Waals surface area contributed by atoms with Crippen molar-refractivity contribution in [2.24, 2.45) is 11.8 Å². The van der Waals surface area contributed by atoms with E-state index in [1.165, 1.54) is 6.42 Å². The topological polar surface area (TPSA) is 55.6 Å². The normalized spacial score (nSPS) is 18.6. The lowest BCUT2D eigenvalue weighted by Crippen LogP contribution is -2.22. The Morgan fingerprint density at radius 1 is 1.50 bits per heavy atom. The summed E-state index contributed by atoms with van der Waals surface area (Å²) in [6.07, 6.45) is 1.21. The van der Waals surface area contributed by atoms with Crippen LogP contribution in [0, 0.1) is 11.8 Å². The Morgan fingerprint density at radius 2 is 2.25 bits per heavy atom. The van der Waals surface area contributed by atoms with Gasteiger partial charge in [0, 0.05) is 13.1 Å². The molecule has 4 heteroatoms. The first-order chi connectivity index (χ1) is 9.52. The minimum Gasteiger partial charge on any atom is -0.462 e. The lowest BCUT2D eigenvalue weighted by atomic mass is 9.95. The number of carbonyl (C=O) groups is 1. The van der Waals surface area contributed by atoms with Crippen molar-refractivity contribution in [1.82, 2.24) is 0 Å². The summed E-state index contributed by atoms with van der Waals surface area (Å²) in [4.78, 5) is 14.0. The molecule has 0 aromatic heterocycles. The van der Waals surface area contributed by atoms with Gasteiger partial charge in [0.15, 0.2) is 0 Å². The molecule has 0 aliphatic carbocycles. The van der Waals surface area contributed by atoms with E-state index in [2.05, 4.69) is 18.7 Å². The molecule has 1 heterocycles. The van der Waals surface area contributed by atoms with Crippen molar-refractivity contribution in [3.05, 3.63) is 23.8 Å². The summed E-state index contributed by atoms with van der Waals surface area (Å²) in [5.41, 5.74) is 8.31. The van der Waals surface area contributed by atoms with Crippen molar-refractivity contribution in [2.45, 2.75) is 27.2 Å². The van der Waals surface area contributed by atoms with Crippen molar-refractivity contribution in [3.8, 4) is 0 Å². The van der Waals surface area contributed by atoms with Gasteiger partial charge in [-0.1, -0.05) is 13.8 Å². The fourth-order valence-electron chi connectivity index (χ4n) is 2.73. The van der Waals surface area contributed by atoms with E-state index in [-0.39, 0.29) is 5.97 Å². The average Bonchev–Trinajstić information content (AvgIpc) is 2.88. The number of rotatable bonds is 4. The van der Waals surface area contributed by atoms with Gasteiger partial charge in [0.2, 0.25) is 0 Å². The lowest BCUT2D eigenvalue weighted by molar-refractivity contribution is 0.0526. The van der Waals surface area contributed by atoms with Gasteiger partial charge >= 0.3 is 5.97 Å². The summed E-state index contributed by atoms with van der Waals surface area (Å²) in [6.45, 7) is 8.78. The number of nitrogen functional groups attached to an aromatic ring is 1. The molecule has 0 saturated carbocycles. The van der Waals surface area contributed by atoms with Gasteiger partial charge in [-0.2, -0.15) is 0 Å². The molecule has 0 spiro atoms. The van der Waals surface area contributed by atoms with E-state index in [0.717, 1.165) is 24.7 Å². The Kier molecular flexibility index (Phi) is 4.53. The highest BCUT2D eigenvalue weighted by Gasteiger charge is 2.26. The number of hydrogen-bond donors (Lipinski definition) is 1. The molecule has 1 unspecified atom stereocenters. The Bertz CT molecular complexity index is 485. The molecule has 1 saturated heterocycles. The standard InChI is InChI=1S/C16H24N2O2/c1-4-20-16(19)12-5-6-15(14(17)9-12)18-8-7-13(10-18)11(2)3/h5-6,9,11,13H,4,7-8,10,17H2,1-3H3. The highest BCUT2D eigenvalue weighted by molar-refractivity contribution is 5.92. The van der Waals surface area contributed by atoms with Gasteiger partial charge in [0.1, 0.15) is 0 Å². The molecule has 110 valence electrons. The first-order valence-electron chi connectivity index (χ1n) is 7.34. The monoisotopic (exact) mass is 276 g/mol. The van der Waals surface area contributed by atoms with E-state index in [4.69, 9.17) is 10.5 Å². The molecule has 1 aromatic carbocycles. The largest absolute Gasteiger partial charge is 0.462 e. The third kappa shape index (κ3) is 3.06. The van der Waals surface area contributed by atoms with Crippen LogP contribution < -0.4 is 10.6 Å². The number of nitrogens with two attached hydrogens (primary N) is 1. The maximum atomic E-state index is 11.7. The summed E-state index contributed by atoms with van der Waals surface area (Å²) < 4.78 is 4.99. The van der Waals surface area contributed by atoms with E-state index < -0.39 is 0 Å². The summed E-state index contributed by atoms with van der Waals surface area (Å²) in [6, 6.07) is 5.45. The van der Waals surface area contributed by atoms with Crippen molar-refractivity contribution in [2.75, 3.05) is 30.3 Å². The number of anilines is 2. The zero-order valence-electron chi connectivity index (χ0n) is 12.6. The Hall–Kier alpha value is -1.71. The van der Waals surface area contributed by atoms with Crippen LogP contribution in [-0.2, 0) is 4.74 Å². The molecular formula is C16H24N2O2. The molecule has 20 heavy (non-hydrogen) atoms. The number of nitrogens with zero attached hydrogens (tertiary/aromatic N) is 1.